The van der Waals surface area contributed by atoms with E-state index < -0.39 is 5.60 Å². The lowest BCUT2D eigenvalue weighted by Crippen LogP contribution is -2.33. The molecule has 4 heteroatoms. The van der Waals surface area contributed by atoms with Crippen molar-refractivity contribution in [3.8, 4) is 0 Å². The third kappa shape index (κ3) is 4.30. The Morgan fingerprint density at radius 3 is 2.56 bits per heavy atom. The number of hydrogen-bond acceptors (Lipinski definition) is 2. The second kappa shape index (κ2) is 5.87. The van der Waals surface area contributed by atoms with Crippen LogP contribution in [0.5, 0.6) is 0 Å². The Morgan fingerprint density at radius 2 is 2.00 bits per heavy atom. The van der Waals surface area contributed by atoms with Crippen LogP contribution in [0.4, 0.5) is 0 Å². The van der Waals surface area contributed by atoms with Crippen molar-refractivity contribution in [2.45, 2.75) is 25.9 Å². The molecular formula is C12H16Cl2O2. The van der Waals surface area contributed by atoms with Gasteiger partial charge in [-0.1, -0.05) is 29.3 Å². The van der Waals surface area contributed by atoms with Crippen molar-refractivity contribution in [2.24, 2.45) is 0 Å². The van der Waals surface area contributed by atoms with Crippen molar-refractivity contribution in [1.82, 2.24) is 0 Å². The highest BCUT2D eigenvalue weighted by Gasteiger charge is 2.21. The Balaban J connectivity index is 2.68. The van der Waals surface area contributed by atoms with Gasteiger partial charge in [-0.05, 0) is 31.5 Å². The molecule has 16 heavy (non-hydrogen) atoms. The zero-order valence-corrected chi connectivity index (χ0v) is 11.0. The first-order valence-corrected chi connectivity index (χ1v) is 5.94. The molecule has 0 radical (unpaired) electrons. The lowest BCUT2D eigenvalue weighted by molar-refractivity contribution is -0.0296. The molecule has 0 aliphatic rings. The second-order valence-corrected chi connectivity index (χ2v) is 4.87. The molecule has 0 heterocycles. The number of ether oxygens (including phenoxy) is 1. The van der Waals surface area contributed by atoms with Crippen LogP contribution in [-0.4, -0.2) is 23.9 Å². The molecule has 1 atom stereocenters. The van der Waals surface area contributed by atoms with Crippen molar-refractivity contribution in [3.05, 3.63) is 33.8 Å². The predicted octanol–water partition coefficient (Wildman–Crippen LogP) is 3.32. The van der Waals surface area contributed by atoms with Gasteiger partial charge in [0, 0.05) is 13.0 Å². The van der Waals surface area contributed by atoms with Crippen molar-refractivity contribution in [2.75, 3.05) is 13.2 Å². The first-order chi connectivity index (χ1) is 7.44. The smallest absolute Gasteiger partial charge is 0.0892 e. The Hall–Kier alpha value is -0.280. The van der Waals surface area contributed by atoms with E-state index >= 15 is 0 Å². The fourth-order valence-electron chi connectivity index (χ4n) is 1.46. The van der Waals surface area contributed by atoms with Crippen molar-refractivity contribution in [1.29, 1.82) is 0 Å². The quantitative estimate of drug-likeness (QED) is 0.883. The molecule has 0 amide bonds. The van der Waals surface area contributed by atoms with E-state index in [1.165, 1.54) is 0 Å². The summed E-state index contributed by atoms with van der Waals surface area (Å²) < 4.78 is 5.22. The lowest BCUT2D eigenvalue weighted by atomic mass is 9.97. The minimum atomic E-state index is -0.882. The minimum absolute atomic E-state index is 0.309. The molecule has 0 saturated carbocycles. The van der Waals surface area contributed by atoms with Crippen LogP contribution in [0, 0.1) is 0 Å². The zero-order chi connectivity index (χ0) is 12.2. The van der Waals surface area contributed by atoms with E-state index in [-0.39, 0.29) is 0 Å². The standard InChI is InChI=1S/C12H16Cl2O2/c1-3-16-8-12(2,15)7-9-4-5-10(13)11(14)6-9/h4-6,15H,3,7-8H2,1-2H3. The molecule has 0 spiro atoms. The molecule has 1 rings (SSSR count). The summed E-state index contributed by atoms with van der Waals surface area (Å²) in [7, 11) is 0. The summed E-state index contributed by atoms with van der Waals surface area (Å²) >= 11 is 11.7. The number of aliphatic hydroxyl groups is 1. The molecular weight excluding hydrogens is 247 g/mol. The van der Waals surface area contributed by atoms with E-state index in [1.54, 1.807) is 19.1 Å². The summed E-state index contributed by atoms with van der Waals surface area (Å²) in [5.41, 5.74) is 0.0618. The average Bonchev–Trinajstić information content (AvgIpc) is 2.20. The monoisotopic (exact) mass is 262 g/mol. The second-order valence-electron chi connectivity index (χ2n) is 4.06. The molecule has 1 aromatic rings. The van der Waals surface area contributed by atoms with Gasteiger partial charge in [0.05, 0.1) is 22.3 Å². The minimum Gasteiger partial charge on any atom is -0.387 e. The topological polar surface area (TPSA) is 29.5 Å². The van der Waals surface area contributed by atoms with Gasteiger partial charge in [0.25, 0.3) is 0 Å². The molecule has 0 saturated heterocycles. The largest absolute Gasteiger partial charge is 0.387 e. The summed E-state index contributed by atoms with van der Waals surface area (Å²) in [4.78, 5) is 0. The molecule has 0 aliphatic heterocycles. The van der Waals surface area contributed by atoms with Crippen LogP contribution in [-0.2, 0) is 11.2 Å². The number of benzene rings is 1. The van der Waals surface area contributed by atoms with Crippen molar-refractivity contribution < 1.29 is 9.84 Å². The van der Waals surface area contributed by atoms with E-state index in [1.807, 2.05) is 13.0 Å². The van der Waals surface area contributed by atoms with Crippen LogP contribution in [0.25, 0.3) is 0 Å². The Labute approximate surface area is 106 Å². The molecule has 0 bridgehead atoms. The maximum Gasteiger partial charge on any atom is 0.0892 e. The summed E-state index contributed by atoms with van der Waals surface area (Å²) in [6, 6.07) is 5.36. The normalized spacial score (nSPS) is 14.8. The van der Waals surface area contributed by atoms with Crippen LogP contribution in [0.2, 0.25) is 10.0 Å². The Morgan fingerprint density at radius 1 is 1.31 bits per heavy atom. The Kier molecular flexibility index (Phi) is 5.06. The Bertz CT molecular complexity index is 351. The van der Waals surface area contributed by atoms with Gasteiger partial charge in [0.2, 0.25) is 0 Å². The number of hydrogen-bond donors (Lipinski definition) is 1. The van der Waals surface area contributed by atoms with Gasteiger partial charge in [-0.15, -0.1) is 0 Å². The highest BCUT2D eigenvalue weighted by atomic mass is 35.5. The molecule has 0 aliphatic carbocycles. The van der Waals surface area contributed by atoms with E-state index in [2.05, 4.69) is 0 Å². The van der Waals surface area contributed by atoms with E-state index in [0.29, 0.717) is 29.7 Å². The first-order valence-electron chi connectivity index (χ1n) is 5.18. The first kappa shape index (κ1) is 13.8. The fraction of sp³-hybridized carbons (Fsp3) is 0.500. The van der Waals surface area contributed by atoms with E-state index in [4.69, 9.17) is 27.9 Å². The molecule has 1 aromatic carbocycles. The summed E-state index contributed by atoms with van der Waals surface area (Å²) in [6.07, 6.45) is 0.490. The molecule has 90 valence electrons. The van der Waals surface area contributed by atoms with Crippen molar-refractivity contribution >= 4 is 23.2 Å². The fourth-order valence-corrected chi connectivity index (χ4v) is 1.78. The van der Waals surface area contributed by atoms with Gasteiger partial charge in [-0.2, -0.15) is 0 Å². The average molecular weight is 263 g/mol. The van der Waals surface area contributed by atoms with Crippen LogP contribution in [0.1, 0.15) is 19.4 Å². The molecule has 0 aromatic heterocycles. The summed E-state index contributed by atoms with van der Waals surface area (Å²) in [5.74, 6) is 0. The van der Waals surface area contributed by atoms with Gasteiger partial charge in [-0.25, -0.2) is 0 Å². The molecule has 0 fully saturated rings. The predicted molar refractivity (Wildman–Crippen MR) is 67.3 cm³/mol. The van der Waals surface area contributed by atoms with Crippen LogP contribution >= 0.6 is 23.2 Å². The van der Waals surface area contributed by atoms with E-state index in [9.17, 15) is 5.11 Å². The van der Waals surface area contributed by atoms with Gasteiger partial charge in [0.1, 0.15) is 0 Å². The highest BCUT2D eigenvalue weighted by Crippen LogP contribution is 2.24. The number of halogens is 2. The van der Waals surface area contributed by atoms with Crippen LogP contribution < -0.4 is 0 Å². The molecule has 2 nitrogen and oxygen atoms in total. The van der Waals surface area contributed by atoms with Crippen LogP contribution in [0.15, 0.2) is 18.2 Å². The lowest BCUT2D eigenvalue weighted by Gasteiger charge is -2.23. The third-order valence-electron chi connectivity index (χ3n) is 2.19. The maximum absolute atomic E-state index is 10.1. The zero-order valence-electron chi connectivity index (χ0n) is 9.46. The van der Waals surface area contributed by atoms with Crippen LogP contribution in [0.3, 0.4) is 0 Å². The van der Waals surface area contributed by atoms with Gasteiger partial charge in [-0.3, -0.25) is 0 Å². The van der Waals surface area contributed by atoms with Gasteiger partial charge in [0.15, 0.2) is 0 Å². The van der Waals surface area contributed by atoms with Gasteiger partial charge >= 0.3 is 0 Å². The molecule has 1 N–H and O–H groups in total. The highest BCUT2D eigenvalue weighted by molar-refractivity contribution is 6.42. The SMILES string of the molecule is CCOCC(C)(O)Cc1ccc(Cl)c(Cl)c1. The maximum atomic E-state index is 10.1. The summed E-state index contributed by atoms with van der Waals surface area (Å²) in [6.45, 7) is 4.54. The third-order valence-corrected chi connectivity index (χ3v) is 2.93. The van der Waals surface area contributed by atoms with Gasteiger partial charge < -0.3 is 9.84 Å². The number of rotatable bonds is 5. The molecule has 1 unspecified atom stereocenters. The van der Waals surface area contributed by atoms with E-state index in [0.717, 1.165) is 5.56 Å². The van der Waals surface area contributed by atoms with Crippen molar-refractivity contribution in [3.63, 3.8) is 0 Å². The summed E-state index contributed by atoms with van der Waals surface area (Å²) in [5, 5.41) is 11.1.